The van der Waals surface area contributed by atoms with Crippen molar-refractivity contribution >= 4 is 35.2 Å². The number of nitrogens with one attached hydrogen (secondary N) is 1. The van der Waals surface area contributed by atoms with Crippen molar-refractivity contribution in [3.63, 3.8) is 0 Å². The zero-order valence-electron chi connectivity index (χ0n) is 17.0. The monoisotopic (exact) mass is 494 g/mol. The second-order valence-corrected chi connectivity index (χ2v) is 8.89. The first kappa shape index (κ1) is 23.3. The maximum absolute atomic E-state index is 13.4. The number of amides is 2. The van der Waals surface area contributed by atoms with Gasteiger partial charge in [-0.2, -0.15) is 13.2 Å². The molecule has 0 aliphatic carbocycles. The van der Waals surface area contributed by atoms with Crippen molar-refractivity contribution in [3.05, 3.63) is 94.4 Å². The van der Waals surface area contributed by atoms with Crippen LogP contribution in [0.5, 0.6) is 0 Å². The van der Waals surface area contributed by atoms with E-state index >= 15 is 0 Å². The second-order valence-electron chi connectivity index (χ2n) is 7.34. The van der Waals surface area contributed by atoms with Crippen LogP contribution in [-0.2, 0) is 17.5 Å². The lowest BCUT2D eigenvalue weighted by Crippen LogP contribution is -2.47. The number of carbonyl (C=O) groups is 2. The van der Waals surface area contributed by atoms with Crippen molar-refractivity contribution in [1.29, 1.82) is 0 Å². The number of halogens is 4. The van der Waals surface area contributed by atoms with Crippen LogP contribution >= 0.6 is 23.4 Å². The molecule has 2 heterocycles. The average molecular weight is 495 g/mol. The molecule has 10 heteroatoms. The van der Waals surface area contributed by atoms with Gasteiger partial charge in [-0.25, -0.2) is 0 Å². The summed E-state index contributed by atoms with van der Waals surface area (Å²) in [5, 5.41) is 2.59. The molecule has 0 radical (unpaired) electrons. The van der Waals surface area contributed by atoms with Gasteiger partial charge >= 0.3 is 6.18 Å². The Morgan fingerprint density at radius 2 is 1.79 bits per heavy atom. The van der Waals surface area contributed by atoms with E-state index in [1.165, 1.54) is 35.1 Å². The Balaban J connectivity index is 1.61. The van der Waals surface area contributed by atoms with E-state index in [1.807, 2.05) is 0 Å². The molecule has 2 amide bonds. The second kappa shape index (κ2) is 9.52. The molecule has 2 aromatic carbocycles. The number of alkyl halides is 3. The topological polar surface area (TPSA) is 62.6 Å². The van der Waals surface area contributed by atoms with Gasteiger partial charge in [0.25, 0.3) is 5.91 Å². The fourth-order valence-corrected chi connectivity index (χ4v) is 5.05. The maximum Gasteiger partial charge on any atom is 0.416 e. The largest absolute Gasteiger partial charge is 0.467 e. The molecule has 2 unspecified atom stereocenters. The predicted octanol–water partition coefficient (Wildman–Crippen LogP) is 5.52. The number of nitrogens with zero attached hydrogens (tertiary/aromatic N) is 1. The molecule has 1 fully saturated rings. The van der Waals surface area contributed by atoms with Gasteiger partial charge in [-0.3, -0.25) is 9.59 Å². The van der Waals surface area contributed by atoms with Gasteiger partial charge < -0.3 is 14.6 Å². The SMILES string of the molecule is O=C(NCc1ccco1)C1CSC(c2ccc(C(F)(F)F)cc2)N1C(=O)c1ccc(Cl)cc1. The first-order chi connectivity index (χ1) is 15.7. The van der Waals surface area contributed by atoms with Crippen LogP contribution in [-0.4, -0.2) is 28.5 Å². The minimum atomic E-state index is -4.46. The Kier molecular flexibility index (Phi) is 6.71. The summed E-state index contributed by atoms with van der Waals surface area (Å²) in [5.41, 5.74) is 0.0388. The number of hydrogen-bond acceptors (Lipinski definition) is 4. The summed E-state index contributed by atoms with van der Waals surface area (Å²) in [6.07, 6.45) is -2.97. The summed E-state index contributed by atoms with van der Waals surface area (Å²) < 4.78 is 44.2. The summed E-state index contributed by atoms with van der Waals surface area (Å²) in [6.45, 7) is 0.154. The number of furan rings is 1. The zero-order valence-corrected chi connectivity index (χ0v) is 18.6. The molecule has 0 saturated carbocycles. The van der Waals surface area contributed by atoms with E-state index < -0.39 is 29.1 Å². The van der Waals surface area contributed by atoms with Crippen LogP contribution in [0.4, 0.5) is 13.2 Å². The predicted molar refractivity (Wildman–Crippen MR) is 119 cm³/mol. The molecule has 1 aliphatic heterocycles. The number of carbonyl (C=O) groups excluding carboxylic acids is 2. The van der Waals surface area contributed by atoms with E-state index in [1.54, 1.807) is 36.4 Å². The lowest BCUT2D eigenvalue weighted by Gasteiger charge is -2.29. The molecule has 4 rings (SSSR count). The van der Waals surface area contributed by atoms with Crippen LogP contribution in [0.2, 0.25) is 5.02 Å². The Labute approximate surface area is 196 Å². The van der Waals surface area contributed by atoms with Crippen LogP contribution in [0.25, 0.3) is 0 Å². The number of thioether (sulfide) groups is 1. The van der Waals surface area contributed by atoms with Gasteiger partial charge in [-0.15, -0.1) is 11.8 Å². The molecule has 1 aromatic heterocycles. The number of benzene rings is 2. The third-order valence-electron chi connectivity index (χ3n) is 5.17. The quantitative estimate of drug-likeness (QED) is 0.507. The molecule has 172 valence electrons. The fraction of sp³-hybridized carbons (Fsp3) is 0.217. The van der Waals surface area contributed by atoms with Crippen molar-refractivity contribution < 1.29 is 27.2 Å². The van der Waals surface area contributed by atoms with Gasteiger partial charge in [0.1, 0.15) is 17.2 Å². The first-order valence-corrected chi connectivity index (χ1v) is 11.3. The Morgan fingerprint density at radius 1 is 1.09 bits per heavy atom. The molecule has 1 saturated heterocycles. The summed E-state index contributed by atoms with van der Waals surface area (Å²) >= 11 is 7.24. The van der Waals surface area contributed by atoms with Gasteiger partial charge in [-0.05, 0) is 54.1 Å². The summed E-state index contributed by atoms with van der Waals surface area (Å²) in [4.78, 5) is 27.8. The highest BCUT2D eigenvalue weighted by Gasteiger charge is 2.43. The molecule has 0 spiro atoms. The third kappa shape index (κ3) is 5.20. The lowest BCUT2D eigenvalue weighted by molar-refractivity contribution is -0.137. The smallest absolute Gasteiger partial charge is 0.416 e. The van der Waals surface area contributed by atoms with E-state index in [0.717, 1.165) is 12.1 Å². The molecule has 33 heavy (non-hydrogen) atoms. The van der Waals surface area contributed by atoms with Crippen molar-refractivity contribution in [2.75, 3.05) is 5.75 Å². The van der Waals surface area contributed by atoms with E-state index in [9.17, 15) is 22.8 Å². The maximum atomic E-state index is 13.4. The van der Waals surface area contributed by atoms with Crippen LogP contribution < -0.4 is 5.32 Å². The Hall–Kier alpha value is -2.91. The molecule has 0 bridgehead atoms. The molecule has 5 nitrogen and oxygen atoms in total. The first-order valence-electron chi connectivity index (χ1n) is 9.91. The van der Waals surface area contributed by atoms with Crippen molar-refractivity contribution in [2.24, 2.45) is 0 Å². The molecular weight excluding hydrogens is 477 g/mol. The van der Waals surface area contributed by atoms with Gasteiger partial charge in [-0.1, -0.05) is 23.7 Å². The molecule has 2 atom stereocenters. The molecule has 1 aliphatic rings. The highest BCUT2D eigenvalue weighted by molar-refractivity contribution is 7.99. The zero-order chi connectivity index (χ0) is 23.6. The highest BCUT2D eigenvalue weighted by Crippen LogP contribution is 2.43. The van der Waals surface area contributed by atoms with Crippen LogP contribution in [0.3, 0.4) is 0 Å². The van der Waals surface area contributed by atoms with Gasteiger partial charge in [0, 0.05) is 16.3 Å². The summed E-state index contributed by atoms with van der Waals surface area (Å²) in [7, 11) is 0. The van der Waals surface area contributed by atoms with Gasteiger partial charge in [0.05, 0.1) is 18.4 Å². The Morgan fingerprint density at radius 3 is 2.39 bits per heavy atom. The lowest BCUT2D eigenvalue weighted by atomic mass is 10.1. The van der Waals surface area contributed by atoms with Gasteiger partial charge in [0.2, 0.25) is 5.91 Å². The average Bonchev–Trinajstić information content (AvgIpc) is 3.47. The van der Waals surface area contributed by atoms with E-state index in [-0.39, 0.29) is 18.2 Å². The number of hydrogen-bond donors (Lipinski definition) is 1. The highest BCUT2D eigenvalue weighted by atomic mass is 35.5. The fourth-order valence-electron chi connectivity index (χ4n) is 3.50. The summed E-state index contributed by atoms with van der Waals surface area (Å²) in [6, 6.07) is 13.5. The minimum Gasteiger partial charge on any atom is -0.467 e. The third-order valence-corrected chi connectivity index (χ3v) is 6.74. The van der Waals surface area contributed by atoms with E-state index in [0.29, 0.717) is 21.9 Å². The number of rotatable bonds is 5. The Bertz CT molecular complexity index is 1120. The molecular formula is C23H18ClF3N2O3S. The van der Waals surface area contributed by atoms with Crippen molar-refractivity contribution in [2.45, 2.75) is 24.1 Å². The minimum absolute atomic E-state index is 0.154. The van der Waals surface area contributed by atoms with Crippen LogP contribution in [0, 0.1) is 0 Å². The van der Waals surface area contributed by atoms with E-state index in [2.05, 4.69) is 5.32 Å². The van der Waals surface area contributed by atoms with Crippen LogP contribution in [0.1, 0.15) is 32.6 Å². The van der Waals surface area contributed by atoms with E-state index in [4.69, 9.17) is 16.0 Å². The summed E-state index contributed by atoms with van der Waals surface area (Å²) in [5.74, 6) is 0.0499. The molecule has 1 N–H and O–H groups in total. The van der Waals surface area contributed by atoms with Crippen LogP contribution in [0.15, 0.2) is 71.3 Å². The standard InChI is InChI=1S/C23H18ClF3N2O3S/c24-17-9-5-14(6-10-17)21(31)29-19(20(30)28-12-18-2-1-11-32-18)13-33-22(29)15-3-7-16(8-4-15)23(25,26)27/h1-11,19,22H,12-13H2,(H,28,30). The van der Waals surface area contributed by atoms with Crippen molar-refractivity contribution in [3.8, 4) is 0 Å². The van der Waals surface area contributed by atoms with Crippen molar-refractivity contribution in [1.82, 2.24) is 10.2 Å². The molecule has 3 aromatic rings. The normalized spacial score (nSPS) is 18.4. The van der Waals surface area contributed by atoms with Gasteiger partial charge in [0.15, 0.2) is 0 Å².